The lowest BCUT2D eigenvalue weighted by Crippen LogP contribution is -2.43. The summed E-state index contributed by atoms with van der Waals surface area (Å²) in [4.78, 5) is 18.6. The van der Waals surface area contributed by atoms with Crippen molar-refractivity contribution in [2.24, 2.45) is 16.8 Å². The van der Waals surface area contributed by atoms with Crippen LogP contribution in [0.4, 0.5) is 0 Å². The van der Waals surface area contributed by atoms with Crippen LogP contribution in [-0.2, 0) is 16.1 Å². The second-order valence-electron chi connectivity index (χ2n) is 7.82. The molecule has 2 N–H and O–H groups in total. The van der Waals surface area contributed by atoms with Gasteiger partial charge in [-0.3, -0.25) is 9.79 Å². The molecule has 7 heteroatoms. The van der Waals surface area contributed by atoms with Gasteiger partial charge in [0.05, 0.1) is 13.2 Å². The molecule has 0 spiro atoms. The minimum atomic E-state index is 0. The van der Waals surface area contributed by atoms with Gasteiger partial charge in [-0.1, -0.05) is 44.2 Å². The van der Waals surface area contributed by atoms with Crippen LogP contribution < -0.4 is 10.6 Å². The molecule has 164 valence electrons. The zero-order valence-electron chi connectivity index (χ0n) is 18.0. The molecule has 0 aliphatic carbocycles. The molecule has 1 heterocycles. The number of amides is 1. The van der Waals surface area contributed by atoms with E-state index < -0.39 is 0 Å². The highest BCUT2D eigenvalue weighted by molar-refractivity contribution is 14.0. The van der Waals surface area contributed by atoms with Gasteiger partial charge in [-0.15, -0.1) is 24.0 Å². The highest BCUT2D eigenvalue weighted by atomic mass is 127. The smallest absolute Gasteiger partial charge is 0.224 e. The summed E-state index contributed by atoms with van der Waals surface area (Å²) in [7, 11) is 1.75. The Labute approximate surface area is 192 Å². The van der Waals surface area contributed by atoms with Gasteiger partial charge >= 0.3 is 0 Å². The maximum atomic E-state index is 12.3. The zero-order valence-corrected chi connectivity index (χ0v) is 20.4. The van der Waals surface area contributed by atoms with Crippen LogP contribution >= 0.6 is 24.0 Å². The molecule has 1 aliphatic rings. The Morgan fingerprint density at radius 1 is 1.31 bits per heavy atom. The van der Waals surface area contributed by atoms with Gasteiger partial charge < -0.3 is 20.3 Å². The standard InChI is InChI=1S/C22H36N4O2.HI/c1-18-8-7-13-26(15-18)21(27)11-12-24-22(23-3)25-14-19(2)16-28-17-20-9-5-4-6-10-20;/h4-6,9-10,18-19H,7-8,11-17H2,1-3H3,(H2,23,24,25);1H. The number of aliphatic imine (C=N–C) groups is 1. The first-order valence-electron chi connectivity index (χ1n) is 10.4. The van der Waals surface area contributed by atoms with Crippen molar-refractivity contribution in [3.05, 3.63) is 35.9 Å². The molecular weight excluding hydrogens is 479 g/mol. The number of hydrogen-bond donors (Lipinski definition) is 2. The van der Waals surface area contributed by atoms with E-state index in [1.54, 1.807) is 7.05 Å². The summed E-state index contributed by atoms with van der Waals surface area (Å²) >= 11 is 0. The molecule has 0 radical (unpaired) electrons. The molecule has 1 amide bonds. The Morgan fingerprint density at radius 2 is 2.07 bits per heavy atom. The molecule has 1 fully saturated rings. The van der Waals surface area contributed by atoms with Crippen LogP contribution in [-0.4, -0.2) is 56.6 Å². The van der Waals surface area contributed by atoms with Crippen molar-refractivity contribution in [2.45, 2.75) is 39.7 Å². The number of ether oxygens (including phenoxy) is 1. The number of carbonyl (C=O) groups excluding carboxylic acids is 1. The lowest BCUT2D eigenvalue weighted by Gasteiger charge is -2.31. The van der Waals surface area contributed by atoms with Gasteiger partial charge in [0.15, 0.2) is 5.96 Å². The summed E-state index contributed by atoms with van der Waals surface area (Å²) in [6.07, 6.45) is 2.85. The van der Waals surface area contributed by atoms with Crippen molar-refractivity contribution in [1.29, 1.82) is 0 Å². The SMILES string of the molecule is CN=C(NCCC(=O)N1CCCC(C)C1)NCC(C)COCc1ccccc1.I. The number of hydrogen-bond acceptors (Lipinski definition) is 3. The summed E-state index contributed by atoms with van der Waals surface area (Å²) < 4.78 is 5.79. The maximum absolute atomic E-state index is 12.3. The zero-order chi connectivity index (χ0) is 20.2. The molecule has 0 bridgehead atoms. The van der Waals surface area contributed by atoms with E-state index in [0.717, 1.165) is 32.0 Å². The van der Waals surface area contributed by atoms with Crippen molar-refractivity contribution in [3.8, 4) is 0 Å². The van der Waals surface area contributed by atoms with Gasteiger partial charge in [-0.2, -0.15) is 0 Å². The largest absolute Gasteiger partial charge is 0.376 e. The van der Waals surface area contributed by atoms with Crippen molar-refractivity contribution in [1.82, 2.24) is 15.5 Å². The number of halogens is 1. The highest BCUT2D eigenvalue weighted by Gasteiger charge is 2.20. The highest BCUT2D eigenvalue weighted by Crippen LogP contribution is 2.15. The van der Waals surface area contributed by atoms with Crippen LogP contribution in [0.25, 0.3) is 0 Å². The van der Waals surface area contributed by atoms with Crippen LogP contribution in [0.15, 0.2) is 35.3 Å². The van der Waals surface area contributed by atoms with E-state index in [1.165, 1.54) is 12.0 Å². The van der Waals surface area contributed by atoms with E-state index in [1.807, 2.05) is 23.1 Å². The Balaban J connectivity index is 0.00000420. The third-order valence-electron chi connectivity index (χ3n) is 5.00. The summed E-state index contributed by atoms with van der Waals surface area (Å²) in [6.45, 7) is 8.84. The molecule has 0 saturated carbocycles. The number of benzene rings is 1. The Bertz CT molecular complexity index is 612. The van der Waals surface area contributed by atoms with E-state index in [-0.39, 0.29) is 29.9 Å². The molecule has 6 nitrogen and oxygen atoms in total. The molecule has 29 heavy (non-hydrogen) atoms. The number of carbonyl (C=O) groups is 1. The molecule has 1 aromatic carbocycles. The van der Waals surface area contributed by atoms with E-state index in [2.05, 4.69) is 41.6 Å². The van der Waals surface area contributed by atoms with Crippen molar-refractivity contribution >= 4 is 35.8 Å². The Morgan fingerprint density at radius 3 is 2.76 bits per heavy atom. The second-order valence-corrected chi connectivity index (χ2v) is 7.82. The number of piperidine rings is 1. The van der Waals surface area contributed by atoms with Crippen molar-refractivity contribution in [3.63, 3.8) is 0 Å². The van der Waals surface area contributed by atoms with Gasteiger partial charge in [-0.25, -0.2) is 0 Å². The third-order valence-corrected chi connectivity index (χ3v) is 5.00. The lowest BCUT2D eigenvalue weighted by molar-refractivity contribution is -0.132. The number of nitrogens with one attached hydrogen (secondary N) is 2. The average molecular weight is 516 g/mol. The first kappa shape index (κ1) is 25.7. The third kappa shape index (κ3) is 10.3. The van der Waals surface area contributed by atoms with E-state index >= 15 is 0 Å². The van der Waals surface area contributed by atoms with E-state index in [0.29, 0.717) is 38.0 Å². The first-order valence-corrected chi connectivity index (χ1v) is 10.4. The molecular formula is C22H37IN4O2. The van der Waals surface area contributed by atoms with Crippen LogP contribution in [0.1, 0.15) is 38.7 Å². The molecule has 1 saturated heterocycles. The van der Waals surface area contributed by atoms with Crippen molar-refractivity contribution in [2.75, 3.05) is 39.8 Å². The van der Waals surface area contributed by atoms with Crippen LogP contribution in [0, 0.1) is 11.8 Å². The monoisotopic (exact) mass is 516 g/mol. The molecule has 1 aliphatic heterocycles. The average Bonchev–Trinajstić information content (AvgIpc) is 2.71. The quantitative estimate of drug-likeness (QED) is 0.301. The van der Waals surface area contributed by atoms with Gasteiger partial charge in [-0.05, 0) is 30.2 Å². The normalized spacial score (nSPS) is 18.0. The van der Waals surface area contributed by atoms with Crippen LogP contribution in [0.3, 0.4) is 0 Å². The summed E-state index contributed by atoms with van der Waals surface area (Å²) in [5.41, 5.74) is 1.19. The molecule has 2 atom stereocenters. The fraction of sp³-hybridized carbons (Fsp3) is 0.636. The summed E-state index contributed by atoms with van der Waals surface area (Å²) in [6, 6.07) is 10.2. The maximum Gasteiger partial charge on any atom is 0.224 e. The van der Waals surface area contributed by atoms with Gasteiger partial charge in [0, 0.05) is 39.6 Å². The molecule has 1 aromatic rings. The van der Waals surface area contributed by atoms with E-state index in [4.69, 9.17) is 4.74 Å². The molecule has 0 aromatic heterocycles. The first-order chi connectivity index (χ1) is 13.6. The van der Waals surface area contributed by atoms with Crippen LogP contribution in [0.2, 0.25) is 0 Å². The fourth-order valence-electron chi connectivity index (χ4n) is 3.36. The molecule has 2 rings (SSSR count). The number of guanidine groups is 1. The van der Waals surface area contributed by atoms with Gasteiger partial charge in [0.25, 0.3) is 0 Å². The predicted molar refractivity (Wildman–Crippen MR) is 130 cm³/mol. The van der Waals surface area contributed by atoms with Gasteiger partial charge in [0.2, 0.25) is 5.91 Å². The summed E-state index contributed by atoms with van der Waals surface area (Å²) in [5, 5.41) is 6.55. The summed E-state index contributed by atoms with van der Waals surface area (Å²) in [5.74, 6) is 1.94. The predicted octanol–water partition coefficient (Wildman–Crippen LogP) is 3.27. The topological polar surface area (TPSA) is 66.0 Å². The Kier molecular flexibility index (Phi) is 12.9. The molecule has 2 unspecified atom stereocenters. The lowest BCUT2D eigenvalue weighted by atomic mass is 10.00. The second kappa shape index (κ2) is 14.6. The van der Waals surface area contributed by atoms with Crippen molar-refractivity contribution < 1.29 is 9.53 Å². The van der Waals surface area contributed by atoms with Gasteiger partial charge in [0.1, 0.15) is 0 Å². The van der Waals surface area contributed by atoms with E-state index in [9.17, 15) is 4.79 Å². The fourth-order valence-corrected chi connectivity index (χ4v) is 3.36. The number of rotatable bonds is 9. The number of likely N-dealkylation sites (tertiary alicyclic amines) is 1. The minimum absolute atomic E-state index is 0. The number of nitrogens with zero attached hydrogens (tertiary/aromatic N) is 2. The Hall–Kier alpha value is -1.35. The van der Waals surface area contributed by atoms with Crippen LogP contribution in [0.5, 0.6) is 0 Å². The minimum Gasteiger partial charge on any atom is -0.376 e.